The van der Waals surface area contributed by atoms with Gasteiger partial charge in [0, 0.05) is 13.1 Å². The molecule has 0 radical (unpaired) electrons. The molecule has 5 nitrogen and oxygen atoms in total. The van der Waals surface area contributed by atoms with Crippen LogP contribution >= 0.6 is 0 Å². The van der Waals surface area contributed by atoms with Crippen molar-refractivity contribution < 1.29 is 14.3 Å². The normalized spacial score (nSPS) is 15.1. The van der Waals surface area contributed by atoms with Gasteiger partial charge in [0.2, 0.25) is 0 Å². The van der Waals surface area contributed by atoms with Crippen LogP contribution in [0.2, 0.25) is 0 Å². The van der Waals surface area contributed by atoms with Gasteiger partial charge in [-0.05, 0) is 57.4 Å². The lowest BCUT2D eigenvalue weighted by atomic mass is 10.1. The molecule has 1 saturated heterocycles. The molecule has 142 valence electrons. The van der Waals surface area contributed by atoms with Gasteiger partial charge in [0.05, 0.1) is 11.3 Å². The second-order valence-electron chi connectivity index (χ2n) is 6.96. The Kier molecular flexibility index (Phi) is 6.12. The largest absolute Gasteiger partial charge is 0.481 e. The van der Waals surface area contributed by atoms with Crippen LogP contribution < -0.4 is 10.1 Å². The molecule has 5 heteroatoms. The monoisotopic (exact) mass is 366 g/mol. The predicted octanol–water partition coefficient (Wildman–Crippen LogP) is 4.03. The smallest absolute Gasteiger partial charge is 0.265 e. The van der Waals surface area contributed by atoms with E-state index in [1.165, 1.54) is 0 Å². The molecule has 0 aromatic heterocycles. The summed E-state index contributed by atoms with van der Waals surface area (Å²) in [4.78, 5) is 27.3. The van der Waals surface area contributed by atoms with Crippen LogP contribution in [0.4, 0.5) is 5.69 Å². The maximum absolute atomic E-state index is 12.8. The Bertz CT molecular complexity index is 795. The molecule has 0 bridgehead atoms. The first-order chi connectivity index (χ1) is 13.0. The third-order valence-corrected chi connectivity index (χ3v) is 4.76. The van der Waals surface area contributed by atoms with E-state index in [4.69, 9.17) is 4.74 Å². The SMILES string of the molecule is Cc1ccc(OC(C)C(=O)Nc2ccccc2C(=O)N2CCCCC2)cc1. The number of carbonyl (C=O) groups excluding carboxylic acids is 2. The van der Waals surface area contributed by atoms with E-state index in [-0.39, 0.29) is 11.8 Å². The van der Waals surface area contributed by atoms with E-state index in [0.717, 1.165) is 37.9 Å². The minimum absolute atomic E-state index is 0.0299. The first kappa shape index (κ1) is 19.0. The fourth-order valence-corrected chi connectivity index (χ4v) is 3.15. The van der Waals surface area contributed by atoms with Crippen LogP contribution in [0.1, 0.15) is 42.1 Å². The number of para-hydroxylation sites is 1. The lowest BCUT2D eigenvalue weighted by Crippen LogP contribution is -2.36. The van der Waals surface area contributed by atoms with Gasteiger partial charge in [0.1, 0.15) is 5.75 Å². The van der Waals surface area contributed by atoms with Gasteiger partial charge < -0.3 is 15.0 Å². The van der Waals surface area contributed by atoms with Gasteiger partial charge in [0.15, 0.2) is 6.10 Å². The van der Waals surface area contributed by atoms with E-state index in [0.29, 0.717) is 17.0 Å². The van der Waals surface area contributed by atoms with Crippen molar-refractivity contribution in [1.82, 2.24) is 4.90 Å². The number of benzene rings is 2. The molecule has 0 spiro atoms. The number of rotatable bonds is 5. The van der Waals surface area contributed by atoms with Gasteiger partial charge in [-0.3, -0.25) is 9.59 Å². The summed E-state index contributed by atoms with van der Waals surface area (Å²) in [6.45, 7) is 5.24. The number of piperidine rings is 1. The molecule has 1 fully saturated rings. The standard InChI is InChI=1S/C22H26N2O3/c1-16-10-12-18(13-11-16)27-17(2)21(25)23-20-9-5-4-8-19(20)22(26)24-14-6-3-7-15-24/h4-5,8-13,17H,3,6-7,14-15H2,1-2H3,(H,23,25). The highest BCUT2D eigenvalue weighted by atomic mass is 16.5. The third-order valence-electron chi connectivity index (χ3n) is 4.76. The quantitative estimate of drug-likeness (QED) is 0.869. The predicted molar refractivity (Wildman–Crippen MR) is 106 cm³/mol. The maximum atomic E-state index is 12.8. The summed E-state index contributed by atoms with van der Waals surface area (Å²) in [7, 11) is 0. The van der Waals surface area contributed by atoms with Crippen LogP contribution in [0.15, 0.2) is 48.5 Å². The van der Waals surface area contributed by atoms with Crippen molar-refractivity contribution in [2.75, 3.05) is 18.4 Å². The number of hydrogen-bond donors (Lipinski definition) is 1. The highest BCUT2D eigenvalue weighted by molar-refractivity contribution is 6.04. The number of likely N-dealkylation sites (tertiary alicyclic amines) is 1. The van der Waals surface area contributed by atoms with Crippen LogP contribution in [0.3, 0.4) is 0 Å². The number of nitrogens with one attached hydrogen (secondary N) is 1. The number of amides is 2. The van der Waals surface area contributed by atoms with Crippen molar-refractivity contribution in [2.24, 2.45) is 0 Å². The Balaban J connectivity index is 1.68. The van der Waals surface area contributed by atoms with Crippen molar-refractivity contribution >= 4 is 17.5 Å². The van der Waals surface area contributed by atoms with Gasteiger partial charge in [-0.25, -0.2) is 0 Å². The van der Waals surface area contributed by atoms with Gasteiger partial charge in [0.25, 0.3) is 11.8 Å². The number of ether oxygens (including phenoxy) is 1. The zero-order valence-electron chi connectivity index (χ0n) is 15.9. The summed E-state index contributed by atoms with van der Waals surface area (Å²) < 4.78 is 5.71. The van der Waals surface area contributed by atoms with E-state index in [2.05, 4.69) is 5.32 Å². The van der Waals surface area contributed by atoms with E-state index in [1.54, 1.807) is 19.1 Å². The van der Waals surface area contributed by atoms with Crippen molar-refractivity contribution in [3.63, 3.8) is 0 Å². The van der Waals surface area contributed by atoms with Gasteiger partial charge >= 0.3 is 0 Å². The number of anilines is 1. The second-order valence-corrected chi connectivity index (χ2v) is 6.96. The zero-order chi connectivity index (χ0) is 19.2. The summed E-state index contributed by atoms with van der Waals surface area (Å²) >= 11 is 0. The molecule has 1 atom stereocenters. The minimum Gasteiger partial charge on any atom is -0.481 e. The Morgan fingerprint density at radius 2 is 1.67 bits per heavy atom. The van der Waals surface area contributed by atoms with Crippen molar-refractivity contribution in [3.05, 3.63) is 59.7 Å². The Morgan fingerprint density at radius 1 is 1.00 bits per heavy atom. The van der Waals surface area contributed by atoms with Crippen LogP contribution in [-0.2, 0) is 4.79 Å². The van der Waals surface area contributed by atoms with Crippen LogP contribution in [0.5, 0.6) is 5.75 Å². The average molecular weight is 366 g/mol. The van der Waals surface area contributed by atoms with Crippen LogP contribution in [0.25, 0.3) is 0 Å². The molecular weight excluding hydrogens is 340 g/mol. The summed E-state index contributed by atoms with van der Waals surface area (Å²) in [6, 6.07) is 14.7. The molecule has 0 aliphatic carbocycles. The molecule has 2 amide bonds. The molecule has 1 aliphatic heterocycles. The number of nitrogens with zero attached hydrogens (tertiary/aromatic N) is 1. The summed E-state index contributed by atoms with van der Waals surface area (Å²) in [6.07, 6.45) is 2.55. The highest BCUT2D eigenvalue weighted by Gasteiger charge is 2.22. The van der Waals surface area contributed by atoms with E-state index >= 15 is 0 Å². The fourth-order valence-electron chi connectivity index (χ4n) is 3.15. The molecule has 1 unspecified atom stereocenters. The molecule has 3 rings (SSSR count). The first-order valence-corrected chi connectivity index (χ1v) is 9.47. The zero-order valence-corrected chi connectivity index (χ0v) is 15.9. The topological polar surface area (TPSA) is 58.6 Å². The summed E-state index contributed by atoms with van der Waals surface area (Å²) in [5.41, 5.74) is 2.18. The van der Waals surface area contributed by atoms with E-state index in [9.17, 15) is 9.59 Å². The van der Waals surface area contributed by atoms with Gasteiger partial charge in [-0.15, -0.1) is 0 Å². The molecule has 0 saturated carbocycles. The van der Waals surface area contributed by atoms with Crippen LogP contribution in [-0.4, -0.2) is 35.9 Å². The van der Waals surface area contributed by atoms with Crippen molar-refractivity contribution in [2.45, 2.75) is 39.2 Å². The second kappa shape index (κ2) is 8.71. The van der Waals surface area contributed by atoms with E-state index < -0.39 is 6.10 Å². The number of aryl methyl sites for hydroxylation is 1. The maximum Gasteiger partial charge on any atom is 0.265 e. The van der Waals surface area contributed by atoms with Crippen LogP contribution in [0, 0.1) is 6.92 Å². The molecule has 2 aromatic carbocycles. The number of carbonyl (C=O) groups is 2. The summed E-state index contributed by atoms with van der Waals surface area (Å²) in [5, 5.41) is 2.85. The Morgan fingerprint density at radius 3 is 2.37 bits per heavy atom. The fraction of sp³-hybridized carbons (Fsp3) is 0.364. The van der Waals surface area contributed by atoms with E-state index in [1.807, 2.05) is 48.2 Å². The molecular formula is C22H26N2O3. The lowest BCUT2D eigenvalue weighted by molar-refractivity contribution is -0.122. The van der Waals surface area contributed by atoms with Gasteiger partial charge in [-0.2, -0.15) is 0 Å². The summed E-state index contributed by atoms with van der Waals surface area (Å²) in [5.74, 6) is 0.327. The van der Waals surface area contributed by atoms with Gasteiger partial charge in [-0.1, -0.05) is 29.8 Å². The molecule has 1 N–H and O–H groups in total. The molecule has 27 heavy (non-hydrogen) atoms. The lowest BCUT2D eigenvalue weighted by Gasteiger charge is -2.27. The minimum atomic E-state index is -0.675. The Hall–Kier alpha value is -2.82. The third kappa shape index (κ3) is 4.88. The Labute approximate surface area is 160 Å². The highest BCUT2D eigenvalue weighted by Crippen LogP contribution is 2.21. The average Bonchev–Trinajstić information content (AvgIpc) is 2.70. The molecule has 1 heterocycles. The first-order valence-electron chi connectivity index (χ1n) is 9.47. The molecule has 2 aromatic rings. The van der Waals surface area contributed by atoms with Crippen molar-refractivity contribution in [1.29, 1.82) is 0 Å². The van der Waals surface area contributed by atoms with Crippen molar-refractivity contribution in [3.8, 4) is 5.75 Å². The molecule has 1 aliphatic rings. The number of hydrogen-bond acceptors (Lipinski definition) is 3.